The molecule has 4 aromatic rings. The van der Waals surface area contributed by atoms with Gasteiger partial charge >= 0.3 is 0 Å². The van der Waals surface area contributed by atoms with E-state index in [2.05, 4.69) is 20.4 Å². The van der Waals surface area contributed by atoms with Crippen LogP contribution in [0, 0.1) is 6.57 Å². The number of nitrogens with two attached hydrogens (primary N) is 1. The molecule has 1 atom stereocenters. The molecule has 1 unspecified atom stereocenters. The molecule has 0 saturated heterocycles. The third kappa shape index (κ3) is 3.93. The Morgan fingerprint density at radius 1 is 1.10 bits per heavy atom. The van der Waals surface area contributed by atoms with E-state index in [-0.39, 0.29) is 11.8 Å². The van der Waals surface area contributed by atoms with E-state index in [1.165, 1.54) is 0 Å². The number of nitrogens with zero attached hydrogens (tertiary/aromatic N) is 2. The minimum atomic E-state index is -0.308. The third-order valence-corrected chi connectivity index (χ3v) is 5.07. The molecule has 6 heteroatoms. The van der Waals surface area contributed by atoms with Crippen molar-refractivity contribution in [2.75, 3.05) is 11.9 Å². The summed E-state index contributed by atoms with van der Waals surface area (Å²) in [5.74, 6) is -0.394. The molecule has 1 amide bonds. The highest BCUT2D eigenvalue weighted by Gasteiger charge is 2.20. The maximum atomic E-state index is 13.0. The molecule has 1 heterocycles. The van der Waals surface area contributed by atoms with Gasteiger partial charge in [0.15, 0.2) is 5.69 Å². The first-order valence-electron chi connectivity index (χ1n) is 9.71. The van der Waals surface area contributed by atoms with Gasteiger partial charge in [-0.1, -0.05) is 54.6 Å². The first-order chi connectivity index (χ1) is 14.7. The highest BCUT2D eigenvalue weighted by Crippen LogP contribution is 2.30. The second-order valence-corrected chi connectivity index (χ2v) is 7.02. The van der Waals surface area contributed by atoms with Crippen LogP contribution >= 0.6 is 0 Å². The van der Waals surface area contributed by atoms with Crippen LogP contribution in [-0.4, -0.2) is 22.6 Å². The van der Waals surface area contributed by atoms with E-state index in [9.17, 15) is 4.79 Å². The molecule has 0 aliphatic rings. The lowest BCUT2D eigenvalue weighted by atomic mass is 9.94. The highest BCUT2D eigenvalue weighted by atomic mass is 16.1. The van der Waals surface area contributed by atoms with Gasteiger partial charge in [-0.3, -0.25) is 9.89 Å². The lowest BCUT2D eigenvalue weighted by Gasteiger charge is -2.16. The number of carbonyl (C=O) groups excluding carboxylic acids is 1. The Morgan fingerprint density at radius 3 is 2.57 bits per heavy atom. The molecule has 0 saturated carbocycles. The van der Waals surface area contributed by atoms with Gasteiger partial charge in [0.05, 0.1) is 23.7 Å². The molecule has 0 bridgehead atoms. The molecular formula is C24H21N5O. The molecule has 30 heavy (non-hydrogen) atoms. The molecule has 1 aromatic heterocycles. The predicted molar refractivity (Wildman–Crippen MR) is 119 cm³/mol. The Balaban J connectivity index is 1.63. The van der Waals surface area contributed by atoms with Gasteiger partial charge in [0.25, 0.3) is 0 Å². The van der Waals surface area contributed by atoms with Gasteiger partial charge < -0.3 is 11.1 Å². The van der Waals surface area contributed by atoms with Crippen molar-refractivity contribution < 1.29 is 4.79 Å². The third-order valence-electron chi connectivity index (χ3n) is 5.07. The van der Waals surface area contributed by atoms with Crippen LogP contribution < -0.4 is 11.1 Å². The van der Waals surface area contributed by atoms with Gasteiger partial charge in [-0.15, -0.1) is 0 Å². The molecule has 0 fully saturated rings. The van der Waals surface area contributed by atoms with E-state index in [0.29, 0.717) is 24.3 Å². The number of fused-ring (bicyclic) bond motifs is 1. The molecule has 0 radical (unpaired) electrons. The number of aromatic nitrogens is 2. The SMILES string of the molecule is [C-]#[N+]c1ccc(-c2n[nH]c3ccc(NC(=O)C(CCN)c4ccccc4)cc23)cc1. The Bertz CT molecular complexity index is 1210. The molecule has 148 valence electrons. The van der Waals surface area contributed by atoms with E-state index in [1.54, 1.807) is 12.1 Å². The summed E-state index contributed by atoms with van der Waals surface area (Å²) in [5.41, 5.74) is 10.5. The minimum Gasteiger partial charge on any atom is -0.330 e. The summed E-state index contributed by atoms with van der Waals surface area (Å²) in [5, 5.41) is 11.4. The number of hydrogen-bond donors (Lipinski definition) is 3. The molecule has 6 nitrogen and oxygen atoms in total. The van der Waals surface area contributed by atoms with Crippen molar-refractivity contribution in [1.82, 2.24) is 10.2 Å². The van der Waals surface area contributed by atoms with Crippen molar-refractivity contribution in [2.24, 2.45) is 5.73 Å². The van der Waals surface area contributed by atoms with Crippen molar-refractivity contribution in [3.05, 3.63) is 89.8 Å². The topological polar surface area (TPSA) is 88.2 Å². The Labute approximate surface area is 174 Å². The Kier molecular flexibility index (Phi) is 5.55. The van der Waals surface area contributed by atoms with Crippen LogP contribution in [0.1, 0.15) is 17.9 Å². The quantitative estimate of drug-likeness (QED) is 0.408. The van der Waals surface area contributed by atoms with Crippen molar-refractivity contribution in [3.63, 3.8) is 0 Å². The van der Waals surface area contributed by atoms with Gasteiger partial charge in [-0.2, -0.15) is 5.10 Å². The molecule has 3 aromatic carbocycles. The van der Waals surface area contributed by atoms with E-state index in [1.807, 2.05) is 60.7 Å². The predicted octanol–water partition coefficient (Wildman–Crippen LogP) is 4.85. The fourth-order valence-electron chi connectivity index (χ4n) is 3.54. The maximum Gasteiger partial charge on any atom is 0.231 e. The van der Waals surface area contributed by atoms with Gasteiger partial charge in [0, 0.05) is 16.6 Å². The fourth-order valence-corrected chi connectivity index (χ4v) is 3.54. The number of aromatic amines is 1. The van der Waals surface area contributed by atoms with E-state index in [4.69, 9.17) is 12.3 Å². The van der Waals surface area contributed by atoms with E-state index in [0.717, 1.165) is 27.7 Å². The van der Waals surface area contributed by atoms with Crippen LogP contribution in [0.4, 0.5) is 11.4 Å². The molecule has 4 rings (SSSR count). The largest absolute Gasteiger partial charge is 0.330 e. The zero-order valence-electron chi connectivity index (χ0n) is 16.3. The fraction of sp³-hybridized carbons (Fsp3) is 0.125. The highest BCUT2D eigenvalue weighted by molar-refractivity contribution is 6.00. The lowest BCUT2D eigenvalue weighted by molar-refractivity contribution is -0.117. The summed E-state index contributed by atoms with van der Waals surface area (Å²) in [4.78, 5) is 16.4. The number of carbonyl (C=O) groups is 1. The average molecular weight is 395 g/mol. The van der Waals surface area contributed by atoms with Crippen molar-refractivity contribution in [1.29, 1.82) is 0 Å². The number of anilines is 1. The first-order valence-corrected chi connectivity index (χ1v) is 9.71. The number of benzene rings is 3. The average Bonchev–Trinajstić information content (AvgIpc) is 3.21. The minimum absolute atomic E-state index is 0.0857. The number of hydrogen-bond acceptors (Lipinski definition) is 3. The standard InChI is InChI=1S/C24H21N5O/c1-26-18-9-7-17(8-10-18)23-21-15-19(11-12-22(21)28-29-23)27-24(30)20(13-14-25)16-5-3-2-4-6-16/h2-12,15,20H,13-14,25H2,(H,27,30)(H,28,29). The zero-order valence-corrected chi connectivity index (χ0v) is 16.3. The Hall–Kier alpha value is -3.95. The van der Waals surface area contributed by atoms with Crippen LogP contribution in [0.5, 0.6) is 0 Å². The molecular weight excluding hydrogens is 374 g/mol. The summed E-state index contributed by atoms with van der Waals surface area (Å²) in [7, 11) is 0. The maximum absolute atomic E-state index is 13.0. The first kappa shape index (κ1) is 19.4. The molecule has 4 N–H and O–H groups in total. The number of rotatable bonds is 6. The second kappa shape index (κ2) is 8.60. The van der Waals surface area contributed by atoms with Gasteiger partial charge in [0.1, 0.15) is 0 Å². The van der Waals surface area contributed by atoms with E-state index >= 15 is 0 Å². The lowest BCUT2D eigenvalue weighted by Crippen LogP contribution is -2.23. The second-order valence-electron chi connectivity index (χ2n) is 7.02. The zero-order chi connectivity index (χ0) is 20.9. The summed E-state index contributed by atoms with van der Waals surface area (Å²) in [6.45, 7) is 7.52. The van der Waals surface area contributed by atoms with Gasteiger partial charge in [0.2, 0.25) is 5.91 Å². The van der Waals surface area contributed by atoms with Crippen molar-refractivity contribution in [3.8, 4) is 11.3 Å². The Morgan fingerprint density at radius 2 is 1.87 bits per heavy atom. The normalized spacial score (nSPS) is 11.7. The van der Waals surface area contributed by atoms with Gasteiger partial charge in [-0.05, 0) is 36.7 Å². The summed E-state index contributed by atoms with van der Waals surface area (Å²) < 4.78 is 0. The molecule has 0 spiro atoms. The smallest absolute Gasteiger partial charge is 0.231 e. The van der Waals surface area contributed by atoms with Crippen LogP contribution in [-0.2, 0) is 4.79 Å². The molecule has 0 aliphatic carbocycles. The van der Waals surface area contributed by atoms with E-state index < -0.39 is 0 Å². The van der Waals surface area contributed by atoms with Crippen molar-refractivity contribution >= 4 is 28.2 Å². The van der Waals surface area contributed by atoms with Crippen LogP contribution in [0.3, 0.4) is 0 Å². The van der Waals surface area contributed by atoms with Crippen molar-refractivity contribution in [2.45, 2.75) is 12.3 Å². The number of amides is 1. The summed E-state index contributed by atoms with van der Waals surface area (Å²) in [6, 6.07) is 22.6. The summed E-state index contributed by atoms with van der Waals surface area (Å²) >= 11 is 0. The van der Waals surface area contributed by atoms with Gasteiger partial charge in [-0.25, -0.2) is 4.85 Å². The van der Waals surface area contributed by atoms with Crippen LogP contribution in [0.15, 0.2) is 72.8 Å². The number of nitrogens with one attached hydrogen (secondary N) is 2. The van der Waals surface area contributed by atoms with Crippen LogP contribution in [0.2, 0.25) is 0 Å². The summed E-state index contributed by atoms with van der Waals surface area (Å²) in [6.07, 6.45) is 0.572. The van der Waals surface area contributed by atoms with Crippen LogP contribution in [0.25, 0.3) is 27.0 Å². The monoisotopic (exact) mass is 395 g/mol. The number of H-pyrrole nitrogens is 1. The molecule has 0 aliphatic heterocycles.